The van der Waals surface area contributed by atoms with Gasteiger partial charge >= 0.3 is 0 Å². The molecule has 2 atom stereocenters. The van der Waals surface area contributed by atoms with Crippen LogP contribution in [0.2, 0.25) is 0 Å². The van der Waals surface area contributed by atoms with Crippen molar-refractivity contribution < 1.29 is 9.63 Å². The van der Waals surface area contributed by atoms with Gasteiger partial charge in [0.2, 0.25) is 5.91 Å². The van der Waals surface area contributed by atoms with Crippen molar-refractivity contribution >= 4 is 5.91 Å². The van der Waals surface area contributed by atoms with Crippen LogP contribution in [0.15, 0.2) is 12.7 Å². The molecule has 6 heteroatoms. The highest BCUT2D eigenvalue weighted by molar-refractivity contribution is 5.76. The summed E-state index contributed by atoms with van der Waals surface area (Å²) >= 11 is 0. The van der Waals surface area contributed by atoms with Crippen LogP contribution in [0.3, 0.4) is 0 Å². The maximum atomic E-state index is 10.9. The molecule has 0 radical (unpaired) electrons. The number of rotatable bonds is 6. The van der Waals surface area contributed by atoms with E-state index in [4.69, 9.17) is 15.8 Å². The molecular weight excluding hydrogens is 220 g/mol. The average Bonchev–Trinajstić information content (AvgIpc) is 2.29. The molecule has 1 amide bonds. The van der Waals surface area contributed by atoms with Crippen LogP contribution in [0.1, 0.15) is 12.8 Å². The summed E-state index contributed by atoms with van der Waals surface area (Å²) < 4.78 is 0. The van der Waals surface area contributed by atoms with E-state index in [1.807, 2.05) is 0 Å². The van der Waals surface area contributed by atoms with Crippen molar-refractivity contribution in [2.75, 3.05) is 19.7 Å². The molecule has 1 aliphatic rings. The molecule has 0 bridgehead atoms. The van der Waals surface area contributed by atoms with Gasteiger partial charge in [-0.1, -0.05) is 6.08 Å². The molecule has 1 rings (SSSR count). The first-order valence-electron chi connectivity index (χ1n) is 5.57. The molecule has 6 nitrogen and oxygen atoms in total. The number of nitrogens with one attached hydrogen (secondary N) is 1. The van der Waals surface area contributed by atoms with Gasteiger partial charge in [0.05, 0.1) is 25.3 Å². The minimum Gasteiger partial charge on any atom is -0.369 e. The van der Waals surface area contributed by atoms with Gasteiger partial charge < -0.3 is 5.73 Å². The Morgan fingerprint density at radius 1 is 1.71 bits per heavy atom. The Bertz CT molecular complexity index is 313. The fourth-order valence-corrected chi connectivity index (χ4v) is 1.89. The second-order valence-electron chi connectivity index (χ2n) is 4.03. The Morgan fingerprint density at radius 3 is 3.06 bits per heavy atom. The van der Waals surface area contributed by atoms with Gasteiger partial charge in [-0.3, -0.25) is 14.5 Å². The van der Waals surface area contributed by atoms with Crippen LogP contribution in [0.4, 0.5) is 0 Å². The fourth-order valence-electron chi connectivity index (χ4n) is 1.89. The summed E-state index contributed by atoms with van der Waals surface area (Å²) in [4.78, 5) is 17.8. The second kappa shape index (κ2) is 7.01. The highest BCUT2D eigenvalue weighted by Crippen LogP contribution is 2.16. The van der Waals surface area contributed by atoms with Crippen LogP contribution in [-0.2, 0) is 9.63 Å². The van der Waals surface area contributed by atoms with Gasteiger partial charge in [0.25, 0.3) is 0 Å². The van der Waals surface area contributed by atoms with E-state index >= 15 is 0 Å². The average molecular weight is 238 g/mol. The maximum Gasteiger partial charge on any atom is 0.231 e. The zero-order chi connectivity index (χ0) is 12.7. The predicted molar refractivity (Wildman–Crippen MR) is 62.5 cm³/mol. The largest absolute Gasteiger partial charge is 0.369 e. The summed E-state index contributed by atoms with van der Waals surface area (Å²) in [6, 6.07) is 2.05. The van der Waals surface area contributed by atoms with E-state index in [1.165, 1.54) is 0 Å². The van der Waals surface area contributed by atoms with E-state index in [-0.39, 0.29) is 18.6 Å². The lowest BCUT2D eigenvalue weighted by atomic mass is 9.99. The van der Waals surface area contributed by atoms with E-state index in [0.29, 0.717) is 19.6 Å². The highest BCUT2D eigenvalue weighted by Gasteiger charge is 2.28. The molecule has 0 aromatic carbocycles. The second-order valence-corrected chi connectivity index (χ2v) is 4.03. The maximum absolute atomic E-state index is 10.9. The summed E-state index contributed by atoms with van der Waals surface area (Å²) in [5.74, 6) is -0.419. The van der Waals surface area contributed by atoms with Crippen LogP contribution in [-0.4, -0.2) is 42.6 Å². The third-order valence-corrected chi connectivity index (χ3v) is 2.64. The van der Waals surface area contributed by atoms with Crippen LogP contribution in [0.5, 0.6) is 0 Å². The zero-order valence-electron chi connectivity index (χ0n) is 9.76. The molecular formula is C11H18N4O2. The Kier molecular flexibility index (Phi) is 5.63. The minimum absolute atomic E-state index is 0.109. The molecule has 1 fully saturated rings. The number of nitriles is 1. The Morgan fingerprint density at radius 2 is 2.47 bits per heavy atom. The van der Waals surface area contributed by atoms with Crippen molar-refractivity contribution in [2.24, 2.45) is 5.73 Å². The molecule has 17 heavy (non-hydrogen) atoms. The summed E-state index contributed by atoms with van der Waals surface area (Å²) in [7, 11) is 0. The van der Waals surface area contributed by atoms with Gasteiger partial charge in [0.1, 0.15) is 0 Å². The highest BCUT2D eigenvalue weighted by atomic mass is 16.6. The van der Waals surface area contributed by atoms with Gasteiger partial charge in [-0.15, -0.1) is 6.58 Å². The van der Waals surface area contributed by atoms with E-state index in [1.54, 1.807) is 11.0 Å². The zero-order valence-corrected chi connectivity index (χ0v) is 9.76. The lowest BCUT2D eigenvalue weighted by Crippen LogP contribution is -2.52. The predicted octanol–water partition coefficient (Wildman–Crippen LogP) is -0.465. The van der Waals surface area contributed by atoms with Crippen LogP contribution in [0, 0.1) is 11.3 Å². The fraction of sp³-hybridized carbons (Fsp3) is 0.636. The monoisotopic (exact) mass is 238 g/mol. The lowest BCUT2D eigenvalue weighted by Gasteiger charge is -2.35. The van der Waals surface area contributed by atoms with Crippen molar-refractivity contribution in [3.05, 3.63) is 12.7 Å². The quantitative estimate of drug-likeness (QED) is 0.371. The molecule has 0 aromatic heterocycles. The number of primary amides is 1. The molecule has 1 aliphatic heterocycles. The summed E-state index contributed by atoms with van der Waals surface area (Å²) in [6.45, 7) is 4.66. The number of piperidine rings is 1. The van der Waals surface area contributed by atoms with Gasteiger partial charge in [0.15, 0.2) is 0 Å². The van der Waals surface area contributed by atoms with Gasteiger partial charge in [-0.05, 0) is 12.8 Å². The number of carbonyl (C=O) groups excluding carboxylic acids is 1. The van der Waals surface area contributed by atoms with Crippen molar-refractivity contribution in [3.63, 3.8) is 0 Å². The number of carbonyl (C=O) groups is 1. The SMILES string of the molecule is C=CCON[C@@H]1CC[C@@H](C#N)N(CC(N)=O)C1. The molecule has 1 saturated heterocycles. The lowest BCUT2D eigenvalue weighted by molar-refractivity contribution is -0.120. The summed E-state index contributed by atoms with van der Waals surface area (Å²) in [6.07, 6.45) is 3.19. The first-order valence-corrected chi connectivity index (χ1v) is 5.57. The number of hydrogen-bond acceptors (Lipinski definition) is 5. The molecule has 3 N–H and O–H groups in total. The van der Waals surface area contributed by atoms with E-state index in [0.717, 1.165) is 6.42 Å². The normalized spacial score (nSPS) is 25.1. The molecule has 0 unspecified atom stereocenters. The third kappa shape index (κ3) is 4.53. The van der Waals surface area contributed by atoms with Gasteiger partial charge in [-0.25, -0.2) is 0 Å². The smallest absolute Gasteiger partial charge is 0.231 e. The minimum atomic E-state index is -0.419. The standard InChI is InChI=1S/C11H18N4O2/c1-2-5-17-14-9-3-4-10(6-12)15(7-9)8-11(13)16/h2,9-10,14H,1,3-5,7-8H2,(H2,13,16)/t9-,10+/m1/s1. The van der Waals surface area contributed by atoms with Crippen LogP contribution < -0.4 is 11.2 Å². The summed E-state index contributed by atoms with van der Waals surface area (Å²) in [5.41, 5.74) is 8.05. The van der Waals surface area contributed by atoms with Crippen molar-refractivity contribution in [1.82, 2.24) is 10.4 Å². The van der Waals surface area contributed by atoms with Crippen molar-refractivity contribution in [1.29, 1.82) is 5.26 Å². The van der Waals surface area contributed by atoms with E-state index in [2.05, 4.69) is 18.1 Å². The van der Waals surface area contributed by atoms with Crippen LogP contribution >= 0.6 is 0 Å². The first-order chi connectivity index (χ1) is 8.17. The molecule has 0 spiro atoms. The molecule has 94 valence electrons. The number of hydroxylamine groups is 1. The number of likely N-dealkylation sites (tertiary alicyclic amines) is 1. The van der Waals surface area contributed by atoms with Crippen molar-refractivity contribution in [3.8, 4) is 6.07 Å². The number of amides is 1. The number of hydrogen-bond donors (Lipinski definition) is 2. The Balaban J connectivity index is 2.44. The van der Waals surface area contributed by atoms with Gasteiger partial charge in [0, 0.05) is 12.6 Å². The molecule has 1 heterocycles. The Hall–Kier alpha value is -1.42. The number of nitrogens with zero attached hydrogens (tertiary/aromatic N) is 2. The molecule has 0 aliphatic carbocycles. The first kappa shape index (κ1) is 13.6. The summed E-state index contributed by atoms with van der Waals surface area (Å²) in [5, 5.41) is 8.97. The van der Waals surface area contributed by atoms with Crippen LogP contribution in [0.25, 0.3) is 0 Å². The topological polar surface area (TPSA) is 91.4 Å². The van der Waals surface area contributed by atoms with E-state index in [9.17, 15) is 4.79 Å². The van der Waals surface area contributed by atoms with E-state index < -0.39 is 5.91 Å². The van der Waals surface area contributed by atoms with Gasteiger partial charge in [-0.2, -0.15) is 10.7 Å². The molecule has 0 aromatic rings. The third-order valence-electron chi connectivity index (χ3n) is 2.64. The molecule has 0 saturated carbocycles. The van der Waals surface area contributed by atoms with Crippen molar-refractivity contribution in [2.45, 2.75) is 24.9 Å². The Labute approximate surface area is 101 Å². The number of nitrogens with two attached hydrogens (primary N) is 1.